The second kappa shape index (κ2) is 7.38. The molecule has 0 saturated heterocycles. The number of hydrogen-bond donors (Lipinski definition) is 2. The summed E-state index contributed by atoms with van der Waals surface area (Å²) in [5.41, 5.74) is 9.16. The number of ether oxygens (including phenoxy) is 1. The number of carbonyl (C=O) groups is 2. The standard InChI is InChI=1S/C20H24N2O3/c1-13-6-5-7-16(18(13)21)19(24)25-12-17(23)22-15-10-8-14(9-11-15)20(2,3)4/h5-11H,12,21H2,1-4H3,(H,22,23). The lowest BCUT2D eigenvalue weighted by molar-refractivity contribution is -0.119. The average Bonchev–Trinajstić information content (AvgIpc) is 2.55. The number of nitrogen functional groups attached to an aromatic ring is 1. The van der Waals surface area contributed by atoms with Gasteiger partial charge in [-0.3, -0.25) is 4.79 Å². The molecule has 2 aromatic rings. The van der Waals surface area contributed by atoms with Crippen LogP contribution in [0.1, 0.15) is 42.3 Å². The first-order valence-corrected chi connectivity index (χ1v) is 8.11. The molecule has 0 unspecified atom stereocenters. The highest BCUT2D eigenvalue weighted by atomic mass is 16.5. The van der Waals surface area contributed by atoms with Gasteiger partial charge in [0.25, 0.3) is 5.91 Å². The number of aryl methyl sites for hydroxylation is 1. The van der Waals surface area contributed by atoms with Crippen molar-refractivity contribution in [3.63, 3.8) is 0 Å². The van der Waals surface area contributed by atoms with E-state index in [4.69, 9.17) is 10.5 Å². The molecular formula is C20H24N2O3. The van der Waals surface area contributed by atoms with Crippen LogP contribution in [0.3, 0.4) is 0 Å². The molecule has 0 radical (unpaired) electrons. The molecule has 0 bridgehead atoms. The van der Waals surface area contributed by atoms with Gasteiger partial charge in [0.15, 0.2) is 6.61 Å². The number of amides is 1. The summed E-state index contributed by atoms with van der Waals surface area (Å²) < 4.78 is 5.04. The second-order valence-electron chi connectivity index (χ2n) is 6.99. The van der Waals surface area contributed by atoms with Crippen LogP contribution in [-0.2, 0) is 14.9 Å². The molecule has 0 atom stereocenters. The van der Waals surface area contributed by atoms with E-state index in [1.165, 1.54) is 5.56 Å². The van der Waals surface area contributed by atoms with Crippen molar-refractivity contribution in [2.75, 3.05) is 17.7 Å². The Labute approximate surface area is 148 Å². The Kier molecular flexibility index (Phi) is 5.47. The van der Waals surface area contributed by atoms with Gasteiger partial charge in [0, 0.05) is 11.4 Å². The minimum atomic E-state index is -0.612. The van der Waals surface area contributed by atoms with E-state index in [0.717, 1.165) is 5.56 Å². The highest BCUT2D eigenvalue weighted by molar-refractivity contribution is 5.98. The zero-order valence-electron chi connectivity index (χ0n) is 15.1. The van der Waals surface area contributed by atoms with E-state index in [-0.39, 0.29) is 17.6 Å². The van der Waals surface area contributed by atoms with Gasteiger partial charge >= 0.3 is 5.97 Å². The van der Waals surface area contributed by atoms with E-state index in [0.29, 0.717) is 11.4 Å². The third-order valence-corrected chi connectivity index (χ3v) is 3.91. The molecule has 0 aliphatic carbocycles. The summed E-state index contributed by atoms with van der Waals surface area (Å²) in [7, 11) is 0. The molecule has 0 aromatic heterocycles. The van der Waals surface area contributed by atoms with Gasteiger partial charge in [0.2, 0.25) is 0 Å². The van der Waals surface area contributed by atoms with Gasteiger partial charge in [0.1, 0.15) is 0 Å². The van der Waals surface area contributed by atoms with Crippen LogP contribution < -0.4 is 11.1 Å². The van der Waals surface area contributed by atoms with Crippen molar-refractivity contribution in [2.45, 2.75) is 33.1 Å². The van der Waals surface area contributed by atoms with E-state index in [1.807, 2.05) is 24.3 Å². The van der Waals surface area contributed by atoms with E-state index in [9.17, 15) is 9.59 Å². The second-order valence-corrected chi connectivity index (χ2v) is 6.99. The quantitative estimate of drug-likeness (QED) is 0.657. The zero-order valence-corrected chi connectivity index (χ0v) is 15.1. The number of rotatable bonds is 4. The van der Waals surface area contributed by atoms with E-state index < -0.39 is 11.9 Å². The lowest BCUT2D eigenvalue weighted by Crippen LogP contribution is -2.21. The first-order valence-electron chi connectivity index (χ1n) is 8.11. The Morgan fingerprint density at radius 3 is 2.32 bits per heavy atom. The minimum Gasteiger partial charge on any atom is -0.452 e. The van der Waals surface area contributed by atoms with E-state index in [1.54, 1.807) is 25.1 Å². The van der Waals surface area contributed by atoms with Gasteiger partial charge in [-0.2, -0.15) is 0 Å². The van der Waals surface area contributed by atoms with E-state index >= 15 is 0 Å². The Balaban J connectivity index is 1.92. The van der Waals surface area contributed by atoms with Crippen molar-refractivity contribution in [3.8, 4) is 0 Å². The van der Waals surface area contributed by atoms with Crippen LogP contribution in [0.2, 0.25) is 0 Å². The van der Waals surface area contributed by atoms with Crippen LogP contribution >= 0.6 is 0 Å². The monoisotopic (exact) mass is 340 g/mol. The van der Waals surface area contributed by atoms with Crippen molar-refractivity contribution in [3.05, 3.63) is 59.2 Å². The number of hydrogen-bond acceptors (Lipinski definition) is 4. The summed E-state index contributed by atoms with van der Waals surface area (Å²) in [6.45, 7) is 7.80. The fraction of sp³-hybridized carbons (Fsp3) is 0.300. The smallest absolute Gasteiger partial charge is 0.340 e. The van der Waals surface area contributed by atoms with Crippen molar-refractivity contribution >= 4 is 23.3 Å². The summed E-state index contributed by atoms with van der Waals surface area (Å²) in [6.07, 6.45) is 0. The molecule has 2 rings (SSSR count). The fourth-order valence-corrected chi connectivity index (χ4v) is 2.32. The van der Waals surface area contributed by atoms with Gasteiger partial charge in [0.05, 0.1) is 5.56 Å². The molecule has 0 heterocycles. The van der Waals surface area contributed by atoms with Gasteiger partial charge < -0.3 is 15.8 Å². The van der Waals surface area contributed by atoms with Crippen molar-refractivity contribution in [2.24, 2.45) is 0 Å². The molecule has 0 saturated carbocycles. The van der Waals surface area contributed by atoms with Crippen LogP contribution in [0.15, 0.2) is 42.5 Å². The molecular weight excluding hydrogens is 316 g/mol. The highest BCUT2D eigenvalue weighted by Gasteiger charge is 2.15. The third-order valence-electron chi connectivity index (χ3n) is 3.91. The third kappa shape index (κ3) is 4.83. The van der Waals surface area contributed by atoms with Crippen LogP contribution in [0.4, 0.5) is 11.4 Å². The molecule has 5 nitrogen and oxygen atoms in total. The van der Waals surface area contributed by atoms with Crippen molar-refractivity contribution < 1.29 is 14.3 Å². The summed E-state index contributed by atoms with van der Waals surface area (Å²) in [4.78, 5) is 24.0. The summed E-state index contributed by atoms with van der Waals surface area (Å²) in [5, 5.41) is 2.71. The zero-order chi connectivity index (χ0) is 18.6. The molecule has 0 fully saturated rings. The maximum Gasteiger partial charge on any atom is 0.340 e. The number of nitrogens with two attached hydrogens (primary N) is 1. The number of para-hydroxylation sites is 1. The fourth-order valence-electron chi connectivity index (χ4n) is 2.32. The summed E-state index contributed by atoms with van der Waals surface area (Å²) in [6, 6.07) is 12.7. The molecule has 3 N–H and O–H groups in total. The Morgan fingerprint density at radius 1 is 1.08 bits per heavy atom. The molecule has 0 aliphatic heterocycles. The summed E-state index contributed by atoms with van der Waals surface area (Å²) in [5.74, 6) is -1.01. The molecule has 0 spiro atoms. The van der Waals surface area contributed by atoms with Gasteiger partial charge in [-0.05, 0) is 41.7 Å². The number of carbonyl (C=O) groups excluding carboxylic acids is 2. The van der Waals surface area contributed by atoms with E-state index in [2.05, 4.69) is 26.1 Å². The first kappa shape index (κ1) is 18.5. The number of nitrogens with one attached hydrogen (secondary N) is 1. The van der Waals surface area contributed by atoms with Crippen LogP contribution in [0.5, 0.6) is 0 Å². The normalized spacial score (nSPS) is 11.0. The molecule has 5 heteroatoms. The highest BCUT2D eigenvalue weighted by Crippen LogP contribution is 2.23. The maximum atomic E-state index is 12.0. The first-order chi connectivity index (χ1) is 11.7. The van der Waals surface area contributed by atoms with Crippen LogP contribution in [0.25, 0.3) is 0 Å². The van der Waals surface area contributed by atoms with Crippen molar-refractivity contribution in [1.29, 1.82) is 0 Å². The van der Waals surface area contributed by atoms with Crippen LogP contribution in [0, 0.1) is 6.92 Å². The maximum absolute atomic E-state index is 12.0. The number of anilines is 2. The minimum absolute atomic E-state index is 0.0474. The molecule has 1 amide bonds. The van der Waals surface area contributed by atoms with Gasteiger partial charge in [-0.15, -0.1) is 0 Å². The lowest BCUT2D eigenvalue weighted by Gasteiger charge is -2.19. The predicted octanol–water partition coefficient (Wildman–Crippen LogP) is 3.67. The summed E-state index contributed by atoms with van der Waals surface area (Å²) >= 11 is 0. The Morgan fingerprint density at radius 2 is 1.72 bits per heavy atom. The average molecular weight is 340 g/mol. The molecule has 0 aliphatic rings. The molecule has 2 aromatic carbocycles. The lowest BCUT2D eigenvalue weighted by atomic mass is 9.87. The largest absolute Gasteiger partial charge is 0.452 e. The number of esters is 1. The van der Waals surface area contributed by atoms with Gasteiger partial charge in [-0.25, -0.2) is 4.79 Å². The Hall–Kier alpha value is -2.82. The molecule has 132 valence electrons. The molecule has 25 heavy (non-hydrogen) atoms. The number of benzene rings is 2. The topological polar surface area (TPSA) is 81.4 Å². The Bertz CT molecular complexity index is 775. The van der Waals surface area contributed by atoms with Crippen LogP contribution in [-0.4, -0.2) is 18.5 Å². The predicted molar refractivity (Wildman–Crippen MR) is 99.6 cm³/mol. The van der Waals surface area contributed by atoms with Gasteiger partial charge in [-0.1, -0.05) is 45.0 Å². The SMILES string of the molecule is Cc1cccc(C(=O)OCC(=O)Nc2ccc(C(C)(C)C)cc2)c1N. The van der Waals surface area contributed by atoms with Crippen molar-refractivity contribution in [1.82, 2.24) is 0 Å².